The highest BCUT2D eigenvalue weighted by atomic mass is 32.1. The third kappa shape index (κ3) is 2.87. The molecule has 0 aliphatic rings. The van der Waals surface area contributed by atoms with Crippen LogP contribution < -0.4 is 5.73 Å². The van der Waals surface area contributed by atoms with E-state index in [1.165, 1.54) is 0 Å². The SMILES string of the molecule is CC(C)(C)[C@H](N)C(=O)S. The van der Waals surface area contributed by atoms with Crippen LogP contribution in [0.5, 0.6) is 0 Å². The number of carbonyl (C=O) groups is 1. The number of nitrogens with two attached hydrogens (primary N) is 1. The van der Waals surface area contributed by atoms with Crippen LogP contribution in [0.25, 0.3) is 0 Å². The van der Waals surface area contributed by atoms with Gasteiger partial charge in [0.2, 0.25) is 5.12 Å². The van der Waals surface area contributed by atoms with E-state index in [4.69, 9.17) is 5.73 Å². The minimum Gasteiger partial charge on any atom is -0.320 e. The third-order valence-electron chi connectivity index (χ3n) is 1.20. The van der Waals surface area contributed by atoms with Crippen LogP contribution in [0.3, 0.4) is 0 Å². The molecule has 0 saturated heterocycles. The second-order valence-corrected chi connectivity index (χ2v) is 3.62. The lowest BCUT2D eigenvalue weighted by molar-refractivity contribution is -0.113. The highest BCUT2D eigenvalue weighted by molar-refractivity contribution is 7.96. The molecule has 0 aromatic rings. The highest BCUT2D eigenvalue weighted by Gasteiger charge is 2.24. The van der Waals surface area contributed by atoms with Crippen molar-refractivity contribution in [3.8, 4) is 0 Å². The second kappa shape index (κ2) is 2.71. The van der Waals surface area contributed by atoms with Crippen molar-refractivity contribution in [1.82, 2.24) is 0 Å². The van der Waals surface area contributed by atoms with E-state index in [0.717, 1.165) is 0 Å². The maximum atomic E-state index is 10.5. The largest absolute Gasteiger partial charge is 0.320 e. The predicted octanol–water partition coefficient (Wildman–Crippen LogP) is 0.816. The van der Waals surface area contributed by atoms with Gasteiger partial charge in [-0.1, -0.05) is 20.8 Å². The lowest BCUT2D eigenvalue weighted by atomic mass is 9.88. The van der Waals surface area contributed by atoms with Crippen LogP contribution in [0.4, 0.5) is 0 Å². The molecular formula is C6H13NOS. The van der Waals surface area contributed by atoms with Gasteiger partial charge in [0.1, 0.15) is 0 Å². The Morgan fingerprint density at radius 1 is 1.56 bits per heavy atom. The molecule has 0 bridgehead atoms. The summed E-state index contributed by atoms with van der Waals surface area (Å²) in [4.78, 5) is 10.5. The lowest BCUT2D eigenvalue weighted by Crippen LogP contribution is -2.39. The molecule has 0 amide bonds. The van der Waals surface area contributed by atoms with Crippen LogP contribution in [0.15, 0.2) is 0 Å². The Balaban J connectivity index is 4.04. The summed E-state index contributed by atoms with van der Waals surface area (Å²) < 4.78 is 0. The molecule has 2 nitrogen and oxygen atoms in total. The van der Waals surface area contributed by atoms with Crippen LogP contribution in [-0.2, 0) is 4.79 Å². The van der Waals surface area contributed by atoms with Crippen molar-refractivity contribution in [3.63, 3.8) is 0 Å². The van der Waals surface area contributed by atoms with Gasteiger partial charge in [0.05, 0.1) is 6.04 Å². The fraction of sp³-hybridized carbons (Fsp3) is 0.833. The van der Waals surface area contributed by atoms with Crippen molar-refractivity contribution in [2.45, 2.75) is 26.8 Å². The van der Waals surface area contributed by atoms with E-state index in [1.807, 2.05) is 20.8 Å². The van der Waals surface area contributed by atoms with E-state index < -0.39 is 6.04 Å². The fourth-order valence-electron chi connectivity index (χ4n) is 0.370. The standard InChI is InChI=1S/C6H13NOS/c1-6(2,3)4(7)5(8)9/h4H,7H2,1-3H3,(H,8,9)/t4-/m1/s1. The molecule has 0 saturated carbocycles. The molecule has 2 N–H and O–H groups in total. The molecule has 0 heterocycles. The van der Waals surface area contributed by atoms with Crippen LogP contribution in [-0.4, -0.2) is 11.2 Å². The van der Waals surface area contributed by atoms with Crippen LogP contribution in [0.2, 0.25) is 0 Å². The second-order valence-electron chi connectivity index (χ2n) is 3.18. The smallest absolute Gasteiger partial charge is 0.203 e. The van der Waals surface area contributed by atoms with Gasteiger partial charge in [-0.05, 0) is 5.41 Å². The molecule has 0 aliphatic heterocycles. The third-order valence-corrected chi connectivity index (χ3v) is 1.48. The van der Waals surface area contributed by atoms with E-state index >= 15 is 0 Å². The van der Waals surface area contributed by atoms with Crippen molar-refractivity contribution in [3.05, 3.63) is 0 Å². The zero-order chi connectivity index (χ0) is 7.65. The first kappa shape index (κ1) is 8.98. The summed E-state index contributed by atoms with van der Waals surface area (Å²) in [7, 11) is 0. The van der Waals surface area contributed by atoms with Crippen molar-refractivity contribution >= 4 is 17.7 Å². The average Bonchev–Trinajstić information content (AvgIpc) is 1.62. The Kier molecular flexibility index (Phi) is 2.70. The van der Waals surface area contributed by atoms with Crippen molar-refractivity contribution in [2.75, 3.05) is 0 Å². The van der Waals surface area contributed by atoms with E-state index in [2.05, 4.69) is 12.6 Å². The Hall–Kier alpha value is -0.0200. The van der Waals surface area contributed by atoms with Gasteiger partial charge < -0.3 is 5.73 Å². The molecular weight excluding hydrogens is 134 g/mol. The molecule has 0 rings (SSSR count). The number of rotatable bonds is 1. The van der Waals surface area contributed by atoms with Crippen LogP contribution >= 0.6 is 12.6 Å². The van der Waals surface area contributed by atoms with Gasteiger partial charge in [-0.3, -0.25) is 4.79 Å². The Labute approximate surface area is 61.2 Å². The van der Waals surface area contributed by atoms with Gasteiger partial charge in [-0.15, -0.1) is 12.6 Å². The number of hydrogen-bond acceptors (Lipinski definition) is 2. The Morgan fingerprint density at radius 3 is 1.89 bits per heavy atom. The summed E-state index contributed by atoms with van der Waals surface area (Å²) in [5, 5.41) is -0.248. The first-order chi connectivity index (χ1) is 3.85. The maximum absolute atomic E-state index is 10.5. The molecule has 0 aliphatic carbocycles. The topological polar surface area (TPSA) is 43.1 Å². The van der Waals surface area contributed by atoms with Gasteiger partial charge in [0.25, 0.3) is 0 Å². The van der Waals surface area contributed by atoms with E-state index in [-0.39, 0.29) is 10.5 Å². The first-order valence-corrected chi connectivity index (χ1v) is 3.29. The summed E-state index contributed by atoms with van der Waals surface area (Å²) in [5.41, 5.74) is 5.30. The van der Waals surface area contributed by atoms with E-state index in [0.29, 0.717) is 0 Å². The normalized spacial score (nSPS) is 15.2. The highest BCUT2D eigenvalue weighted by Crippen LogP contribution is 2.18. The molecule has 1 atom stereocenters. The summed E-state index contributed by atoms with van der Waals surface area (Å²) in [6.45, 7) is 5.73. The van der Waals surface area contributed by atoms with Gasteiger partial charge in [0.15, 0.2) is 0 Å². The van der Waals surface area contributed by atoms with Crippen LogP contribution in [0, 0.1) is 5.41 Å². The monoisotopic (exact) mass is 147 g/mol. The quantitative estimate of drug-likeness (QED) is 0.539. The van der Waals surface area contributed by atoms with Gasteiger partial charge in [-0.25, -0.2) is 0 Å². The minimum atomic E-state index is -0.458. The minimum absolute atomic E-state index is 0.168. The predicted molar refractivity (Wildman–Crippen MR) is 41.4 cm³/mol. The van der Waals surface area contributed by atoms with E-state index in [1.54, 1.807) is 0 Å². The summed E-state index contributed by atoms with van der Waals surface area (Å²) in [6, 6.07) is -0.458. The molecule has 0 unspecified atom stereocenters. The lowest BCUT2D eigenvalue weighted by Gasteiger charge is -2.23. The molecule has 0 fully saturated rings. The van der Waals surface area contributed by atoms with Crippen LogP contribution in [0.1, 0.15) is 20.8 Å². The molecule has 9 heavy (non-hydrogen) atoms. The van der Waals surface area contributed by atoms with Crippen molar-refractivity contribution < 1.29 is 4.79 Å². The number of carbonyl (C=O) groups excluding carboxylic acids is 1. The van der Waals surface area contributed by atoms with Crippen molar-refractivity contribution in [2.24, 2.45) is 11.1 Å². The zero-order valence-electron chi connectivity index (χ0n) is 6.01. The first-order valence-electron chi connectivity index (χ1n) is 2.84. The zero-order valence-corrected chi connectivity index (χ0v) is 6.90. The number of thiol groups is 1. The summed E-state index contributed by atoms with van der Waals surface area (Å²) in [5.74, 6) is 0. The number of hydrogen-bond donors (Lipinski definition) is 2. The summed E-state index contributed by atoms with van der Waals surface area (Å²) in [6.07, 6.45) is 0. The molecule has 54 valence electrons. The molecule has 3 heteroatoms. The molecule has 0 spiro atoms. The van der Waals surface area contributed by atoms with Gasteiger partial charge in [-0.2, -0.15) is 0 Å². The summed E-state index contributed by atoms with van der Waals surface area (Å²) >= 11 is 3.62. The maximum Gasteiger partial charge on any atom is 0.203 e. The Morgan fingerprint density at radius 2 is 1.89 bits per heavy atom. The molecule has 0 radical (unpaired) electrons. The molecule has 0 aromatic carbocycles. The molecule has 0 aromatic heterocycles. The van der Waals surface area contributed by atoms with Gasteiger partial charge in [0, 0.05) is 0 Å². The Bertz CT molecular complexity index is 117. The van der Waals surface area contributed by atoms with Crippen molar-refractivity contribution in [1.29, 1.82) is 0 Å². The fourth-order valence-corrected chi connectivity index (χ4v) is 0.758. The van der Waals surface area contributed by atoms with E-state index in [9.17, 15) is 4.79 Å². The average molecular weight is 147 g/mol. The van der Waals surface area contributed by atoms with Gasteiger partial charge >= 0.3 is 0 Å².